The lowest BCUT2D eigenvalue weighted by Crippen LogP contribution is -2.21. The van der Waals surface area contributed by atoms with E-state index in [1.807, 2.05) is 12.1 Å². The van der Waals surface area contributed by atoms with E-state index < -0.39 is 5.92 Å². The number of nitrogens with two attached hydrogens (primary N) is 1. The number of nitrogens with one attached hydrogen (secondary N) is 1. The Balaban J connectivity index is 1.72. The fourth-order valence-corrected chi connectivity index (χ4v) is 3.45. The number of aryl methyl sites for hydroxylation is 1. The van der Waals surface area contributed by atoms with Crippen LogP contribution in [-0.2, 0) is 19.5 Å². The molecule has 8 heteroatoms. The van der Waals surface area contributed by atoms with Crippen LogP contribution in [0, 0.1) is 0 Å². The van der Waals surface area contributed by atoms with Gasteiger partial charge in [-0.1, -0.05) is 12.1 Å². The normalized spacial score (nSPS) is 11.5. The number of halogens is 2. The lowest BCUT2D eigenvalue weighted by Gasteiger charge is -2.08. The maximum atomic E-state index is 13.5. The lowest BCUT2D eigenvalue weighted by atomic mass is 10.2. The molecule has 0 bridgehead atoms. The van der Waals surface area contributed by atoms with Gasteiger partial charge in [-0.25, -0.2) is 0 Å². The summed E-state index contributed by atoms with van der Waals surface area (Å²) in [6.07, 6.45) is 0. The molecule has 0 unspecified atom stereocenters. The molecule has 0 radical (unpaired) electrons. The van der Waals surface area contributed by atoms with E-state index in [-0.39, 0.29) is 11.6 Å². The van der Waals surface area contributed by atoms with E-state index in [1.54, 1.807) is 24.3 Å². The highest BCUT2D eigenvalue weighted by molar-refractivity contribution is 7.17. The van der Waals surface area contributed by atoms with Crippen LogP contribution in [0.3, 0.4) is 0 Å². The molecule has 3 rings (SSSR count). The van der Waals surface area contributed by atoms with Crippen molar-refractivity contribution in [2.75, 3.05) is 5.73 Å². The van der Waals surface area contributed by atoms with Crippen molar-refractivity contribution in [2.45, 2.75) is 19.4 Å². The van der Waals surface area contributed by atoms with Crippen LogP contribution in [0.2, 0.25) is 0 Å². The topological polar surface area (TPSA) is 72.9 Å². The van der Waals surface area contributed by atoms with E-state index in [4.69, 9.17) is 5.73 Å². The third kappa shape index (κ3) is 3.91. The van der Waals surface area contributed by atoms with Gasteiger partial charge in [0.1, 0.15) is 11.4 Å². The van der Waals surface area contributed by atoms with E-state index in [0.29, 0.717) is 27.7 Å². The summed E-state index contributed by atoms with van der Waals surface area (Å²) >= 11 is 1.21. The molecule has 0 saturated carbocycles. The minimum Gasteiger partial charge on any atom is -0.399 e. The van der Waals surface area contributed by atoms with E-state index in [2.05, 4.69) is 10.4 Å². The molecular formula is C18H18F2N4OS. The first-order chi connectivity index (χ1) is 12.2. The maximum absolute atomic E-state index is 13.5. The number of carbonyl (C=O) groups is 1. The predicted molar refractivity (Wildman–Crippen MR) is 98.1 cm³/mol. The molecule has 1 aromatic carbocycles. The van der Waals surface area contributed by atoms with Gasteiger partial charge in [0, 0.05) is 26.2 Å². The summed E-state index contributed by atoms with van der Waals surface area (Å²) in [5.74, 6) is -3.21. The summed E-state index contributed by atoms with van der Waals surface area (Å²) in [5, 5.41) is 6.94. The molecule has 136 valence electrons. The summed E-state index contributed by atoms with van der Waals surface area (Å²) < 4.78 is 28.2. The number of nitrogen functional groups attached to an aromatic ring is 1. The van der Waals surface area contributed by atoms with Gasteiger partial charge in [0.25, 0.3) is 11.8 Å². The van der Waals surface area contributed by atoms with E-state index in [9.17, 15) is 13.6 Å². The molecule has 2 aromatic heterocycles. The molecule has 0 fully saturated rings. The van der Waals surface area contributed by atoms with Crippen LogP contribution in [0.15, 0.2) is 42.5 Å². The van der Waals surface area contributed by atoms with Crippen LogP contribution in [0.5, 0.6) is 0 Å². The van der Waals surface area contributed by atoms with Crippen LogP contribution in [-0.4, -0.2) is 15.7 Å². The molecule has 3 aromatic rings. The molecule has 0 aliphatic carbocycles. The zero-order chi connectivity index (χ0) is 18.9. The minimum atomic E-state index is -2.98. The highest BCUT2D eigenvalue weighted by Gasteiger charge is 2.29. The number of nitrogens with zero attached hydrogens (tertiary/aromatic N) is 2. The summed E-state index contributed by atoms with van der Waals surface area (Å²) in [5.41, 5.74) is 7.49. The van der Waals surface area contributed by atoms with Crippen LogP contribution < -0.4 is 11.1 Å². The fourth-order valence-electron chi connectivity index (χ4n) is 2.57. The monoisotopic (exact) mass is 376 g/mol. The fraction of sp³-hybridized carbons (Fsp3) is 0.222. The van der Waals surface area contributed by atoms with Gasteiger partial charge in [-0.05, 0) is 35.9 Å². The number of carbonyl (C=O) groups excluding carboxylic acids is 1. The number of rotatable bonds is 5. The van der Waals surface area contributed by atoms with Crippen molar-refractivity contribution >= 4 is 22.9 Å². The van der Waals surface area contributed by atoms with Gasteiger partial charge in [0.2, 0.25) is 0 Å². The molecule has 1 amide bonds. The first kappa shape index (κ1) is 18.1. The number of hydrogen-bond acceptors (Lipinski definition) is 4. The molecule has 0 aliphatic rings. The Bertz CT molecular complexity index is 943. The summed E-state index contributed by atoms with van der Waals surface area (Å²) in [7, 11) is 1.48. The Kier molecular flexibility index (Phi) is 4.78. The second-order valence-corrected chi connectivity index (χ2v) is 7.10. The molecule has 5 nitrogen and oxygen atoms in total. The Morgan fingerprint density at radius 1 is 1.31 bits per heavy atom. The van der Waals surface area contributed by atoms with Crippen molar-refractivity contribution in [3.05, 3.63) is 58.6 Å². The minimum absolute atomic E-state index is 0.173. The van der Waals surface area contributed by atoms with Crippen LogP contribution >= 0.6 is 11.3 Å². The van der Waals surface area contributed by atoms with Crippen molar-refractivity contribution < 1.29 is 13.6 Å². The van der Waals surface area contributed by atoms with Gasteiger partial charge in [0.05, 0.1) is 9.75 Å². The number of aromatic nitrogens is 2. The van der Waals surface area contributed by atoms with Crippen molar-refractivity contribution in [2.24, 2.45) is 7.05 Å². The van der Waals surface area contributed by atoms with Gasteiger partial charge in [-0.15, -0.1) is 11.3 Å². The second kappa shape index (κ2) is 6.87. The molecular weight excluding hydrogens is 358 g/mol. The van der Waals surface area contributed by atoms with Crippen molar-refractivity contribution in [3.8, 4) is 10.6 Å². The Hall–Kier alpha value is -2.74. The third-order valence-electron chi connectivity index (χ3n) is 3.82. The SMILES string of the molecule is Cn1nc(-c2ccc(C(=O)NCc3cccc(N)c3)s2)cc1C(C)(F)F. The Labute approximate surface area is 153 Å². The van der Waals surface area contributed by atoms with Crippen LogP contribution in [0.4, 0.5) is 14.5 Å². The van der Waals surface area contributed by atoms with E-state index in [1.165, 1.54) is 24.5 Å². The smallest absolute Gasteiger partial charge is 0.286 e. The zero-order valence-corrected chi connectivity index (χ0v) is 15.1. The van der Waals surface area contributed by atoms with E-state index in [0.717, 1.165) is 17.2 Å². The molecule has 26 heavy (non-hydrogen) atoms. The highest BCUT2D eigenvalue weighted by Crippen LogP contribution is 2.32. The van der Waals surface area contributed by atoms with Crippen LogP contribution in [0.1, 0.15) is 27.9 Å². The molecule has 2 heterocycles. The van der Waals surface area contributed by atoms with Crippen molar-refractivity contribution in [3.63, 3.8) is 0 Å². The maximum Gasteiger partial charge on any atom is 0.286 e. The number of hydrogen-bond donors (Lipinski definition) is 2. The van der Waals surface area contributed by atoms with Gasteiger partial charge in [-0.3, -0.25) is 9.48 Å². The van der Waals surface area contributed by atoms with Gasteiger partial charge in [0.15, 0.2) is 0 Å². The highest BCUT2D eigenvalue weighted by atomic mass is 32.1. The number of alkyl halides is 2. The number of benzene rings is 1. The van der Waals surface area contributed by atoms with Gasteiger partial charge < -0.3 is 11.1 Å². The van der Waals surface area contributed by atoms with Crippen molar-refractivity contribution in [1.82, 2.24) is 15.1 Å². The standard InChI is InChI=1S/C18H18F2N4OS/c1-18(19,20)16-9-13(23-24(16)2)14-6-7-15(26-14)17(25)22-10-11-4-3-5-12(21)8-11/h3-9H,10,21H2,1-2H3,(H,22,25). The molecule has 0 spiro atoms. The number of thiophene rings is 1. The molecule has 0 atom stereocenters. The zero-order valence-electron chi connectivity index (χ0n) is 14.3. The second-order valence-electron chi connectivity index (χ2n) is 6.02. The summed E-state index contributed by atoms with van der Waals surface area (Å²) in [6.45, 7) is 1.18. The molecule has 3 N–H and O–H groups in total. The van der Waals surface area contributed by atoms with Crippen molar-refractivity contribution in [1.29, 1.82) is 0 Å². The van der Waals surface area contributed by atoms with Crippen LogP contribution in [0.25, 0.3) is 10.6 Å². The first-order valence-corrected chi connectivity index (χ1v) is 8.71. The average Bonchev–Trinajstić information content (AvgIpc) is 3.19. The van der Waals surface area contributed by atoms with Gasteiger partial charge in [-0.2, -0.15) is 13.9 Å². The third-order valence-corrected chi connectivity index (χ3v) is 4.92. The Morgan fingerprint density at radius 2 is 2.08 bits per heavy atom. The van der Waals surface area contributed by atoms with E-state index >= 15 is 0 Å². The average molecular weight is 376 g/mol. The largest absolute Gasteiger partial charge is 0.399 e. The predicted octanol–water partition coefficient (Wildman–Crippen LogP) is 3.77. The summed E-state index contributed by atoms with van der Waals surface area (Å²) in [6, 6.07) is 12.0. The number of anilines is 1. The Morgan fingerprint density at radius 3 is 2.73 bits per heavy atom. The first-order valence-electron chi connectivity index (χ1n) is 7.89. The molecule has 0 aliphatic heterocycles. The quantitative estimate of drug-likeness (QED) is 0.666. The number of amides is 1. The molecule has 0 saturated heterocycles. The van der Waals surface area contributed by atoms with Gasteiger partial charge >= 0.3 is 0 Å². The summed E-state index contributed by atoms with van der Waals surface area (Å²) in [4.78, 5) is 13.4. The lowest BCUT2D eigenvalue weighted by molar-refractivity contribution is 0.00882.